The molecule has 19 heavy (non-hydrogen) atoms. The zero-order chi connectivity index (χ0) is 14.3. The number of sulfonamides is 1. The highest BCUT2D eigenvalue weighted by Gasteiger charge is 2.21. The molecule has 0 saturated carbocycles. The lowest BCUT2D eigenvalue weighted by Crippen LogP contribution is -2.43. The number of aryl methyl sites for hydroxylation is 1. The highest BCUT2D eigenvalue weighted by atomic mass is 32.2. The van der Waals surface area contributed by atoms with Gasteiger partial charge in [-0.2, -0.15) is 0 Å². The Morgan fingerprint density at radius 3 is 2.26 bits per heavy atom. The van der Waals surface area contributed by atoms with Gasteiger partial charge in [0.2, 0.25) is 10.0 Å². The predicted octanol–water partition coefficient (Wildman–Crippen LogP) is 1.16. The largest absolute Gasteiger partial charge is 0.354 e. The molecule has 1 unspecified atom stereocenters. The molecule has 0 aromatic heterocycles. The van der Waals surface area contributed by atoms with Crippen molar-refractivity contribution in [3.05, 3.63) is 35.9 Å². The summed E-state index contributed by atoms with van der Waals surface area (Å²) in [4.78, 5) is 0. The lowest BCUT2D eigenvalue weighted by molar-refractivity contribution is -0.115. The molecule has 0 aliphatic carbocycles. The topological polar surface area (TPSA) is 64.6 Å². The van der Waals surface area contributed by atoms with Crippen LogP contribution >= 0.6 is 0 Å². The molecule has 1 aromatic rings. The molecule has 6 heteroatoms. The van der Waals surface area contributed by atoms with Crippen LogP contribution in [0.15, 0.2) is 30.3 Å². The summed E-state index contributed by atoms with van der Waals surface area (Å²) in [6, 6.07) is 9.07. The van der Waals surface area contributed by atoms with Crippen molar-refractivity contribution in [1.29, 1.82) is 0 Å². The molecule has 0 radical (unpaired) electrons. The Balaban J connectivity index is 2.52. The zero-order valence-corrected chi connectivity index (χ0v) is 12.3. The van der Waals surface area contributed by atoms with Crippen LogP contribution in [0.4, 0.5) is 0 Å². The summed E-state index contributed by atoms with van der Waals surface area (Å²) in [5.74, 6) is 0.0432. The van der Waals surface area contributed by atoms with Crippen molar-refractivity contribution in [2.75, 3.05) is 20.0 Å². The number of benzene rings is 1. The molecule has 0 amide bonds. The first-order chi connectivity index (χ1) is 8.98. The molecule has 0 aliphatic rings. The third-order valence-electron chi connectivity index (χ3n) is 2.74. The summed E-state index contributed by atoms with van der Waals surface area (Å²) in [7, 11) is -0.404. The highest BCUT2D eigenvalue weighted by Crippen LogP contribution is 2.04. The summed E-state index contributed by atoms with van der Waals surface area (Å²) < 4.78 is 36.4. The minimum atomic E-state index is -3.35. The molecule has 5 nitrogen and oxygen atoms in total. The van der Waals surface area contributed by atoms with Crippen molar-refractivity contribution in [1.82, 2.24) is 4.72 Å². The Kier molecular flexibility index (Phi) is 6.44. The second kappa shape index (κ2) is 7.59. The van der Waals surface area contributed by atoms with Crippen LogP contribution in [0, 0.1) is 0 Å². The van der Waals surface area contributed by atoms with E-state index in [0.29, 0.717) is 6.42 Å². The Morgan fingerprint density at radius 1 is 1.16 bits per heavy atom. The van der Waals surface area contributed by atoms with Crippen LogP contribution < -0.4 is 4.72 Å². The fourth-order valence-corrected chi connectivity index (χ4v) is 3.10. The standard InChI is InChI=1S/C13H21NO4S/c1-11(13(17-2)18-3)14-19(15,16)10-9-12-7-5-4-6-8-12/h4-8,11,13-14H,9-10H2,1-3H3. The fourth-order valence-electron chi connectivity index (χ4n) is 1.80. The van der Waals surface area contributed by atoms with Crippen molar-refractivity contribution in [2.24, 2.45) is 0 Å². The lowest BCUT2D eigenvalue weighted by Gasteiger charge is -2.21. The van der Waals surface area contributed by atoms with Crippen LogP contribution in [0.1, 0.15) is 12.5 Å². The molecular formula is C13H21NO4S. The molecule has 0 heterocycles. The first kappa shape index (κ1) is 16.1. The maximum absolute atomic E-state index is 11.9. The number of ether oxygens (including phenoxy) is 2. The van der Waals surface area contributed by atoms with Crippen molar-refractivity contribution in [2.45, 2.75) is 25.7 Å². The van der Waals surface area contributed by atoms with E-state index in [-0.39, 0.29) is 5.75 Å². The maximum Gasteiger partial charge on any atom is 0.212 e. The Labute approximate surface area is 115 Å². The van der Waals surface area contributed by atoms with Gasteiger partial charge in [-0.1, -0.05) is 30.3 Å². The summed E-state index contributed by atoms with van der Waals surface area (Å²) >= 11 is 0. The van der Waals surface area contributed by atoms with E-state index in [4.69, 9.17) is 9.47 Å². The quantitative estimate of drug-likeness (QED) is 0.729. The summed E-state index contributed by atoms with van der Waals surface area (Å²) in [6.07, 6.45) is -0.112. The van der Waals surface area contributed by atoms with Gasteiger partial charge in [-0.25, -0.2) is 13.1 Å². The van der Waals surface area contributed by atoms with Crippen molar-refractivity contribution in [3.63, 3.8) is 0 Å². The zero-order valence-electron chi connectivity index (χ0n) is 11.5. The Bertz CT molecular complexity index is 457. The van der Waals surface area contributed by atoms with Crippen LogP contribution in [0.3, 0.4) is 0 Å². The molecule has 0 bridgehead atoms. The fraction of sp³-hybridized carbons (Fsp3) is 0.538. The summed E-state index contributed by atoms with van der Waals surface area (Å²) in [5, 5.41) is 0. The molecule has 1 aromatic carbocycles. The molecule has 0 spiro atoms. The molecule has 1 atom stereocenters. The average Bonchev–Trinajstić information content (AvgIpc) is 2.38. The van der Waals surface area contributed by atoms with Gasteiger partial charge >= 0.3 is 0 Å². The Morgan fingerprint density at radius 2 is 1.74 bits per heavy atom. The van der Waals surface area contributed by atoms with Gasteiger partial charge in [0, 0.05) is 14.2 Å². The van der Waals surface area contributed by atoms with Gasteiger partial charge in [-0.15, -0.1) is 0 Å². The Hall–Kier alpha value is -0.950. The van der Waals surface area contributed by atoms with Crippen LogP contribution in [-0.2, 0) is 25.9 Å². The first-order valence-corrected chi connectivity index (χ1v) is 7.73. The average molecular weight is 287 g/mol. The van der Waals surface area contributed by atoms with Crippen molar-refractivity contribution in [3.8, 4) is 0 Å². The number of methoxy groups -OCH3 is 2. The monoisotopic (exact) mass is 287 g/mol. The smallest absolute Gasteiger partial charge is 0.212 e. The normalized spacial score (nSPS) is 13.7. The van der Waals surface area contributed by atoms with Gasteiger partial charge in [0.25, 0.3) is 0 Å². The summed E-state index contributed by atoms with van der Waals surface area (Å²) in [6.45, 7) is 1.71. The molecular weight excluding hydrogens is 266 g/mol. The van der Waals surface area contributed by atoms with E-state index in [2.05, 4.69) is 4.72 Å². The number of rotatable bonds is 8. The first-order valence-electron chi connectivity index (χ1n) is 6.08. The molecule has 0 aliphatic heterocycles. The maximum atomic E-state index is 11.9. The number of hydrogen-bond donors (Lipinski definition) is 1. The van der Waals surface area contributed by atoms with Gasteiger partial charge in [0.05, 0.1) is 11.8 Å². The molecule has 0 saturated heterocycles. The van der Waals surface area contributed by atoms with Gasteiger partial charge in [0.1, 0.15) is 0 Å². The van der Waals surface area contributed by atoms with Crippen molar-refractivity contribution >= 4 is 10.0 Å². The molecule has 108 valence electrons. The van der Waals surface area contributed by atoms with E-state index in [0.717, 1.165) is 5.56 Å². The van der Waals surface area contributed by atoms with Gasteiger partial charge in [-0.05, 0) is 18.9 Å². The lowest BCUT2D eigenvalue weighted by atomic mass is 10.2. The second-order valence-electron chi connectivity index (χ2n) is 4.30. The molecule has 1 rings (SSSR count). The van der Waals surface area contributed by atoms with Crippen LogP contribution in [0.5, 0.6) is 0 Å². The third-order valence-corrected chi connectivity index (χ3v) is 4.21. The summed E-state index contributed by atoms with van der Waals surface area (Å²) in [5.41, 5.74) is 0.996. The van der Waals surface area contributed by atoms with E-state index >= 15 is 0 Å². The highest BCUT2D eigenvalue weighted by molar-refractivity contribution is 7.89. The van der Waals surface area contributed by atoms with E-state index in [1.165, 1.54) is 14.2 Å². The third kappa shape index (κ3) is 5.69. The van der Waals surface area contributed by atoms with Gasteiger partial charge in [0.15, 0.2) is 6.29 Å². The van der Waals surface area contributed by atoms with Crippen LogP contribution in [0.25, 0.3) is 0 Å². The number of nitrogens with one attached hydrogen (secondary N) is 1. The van der Waals surface area contributed by atoms with Crippen LogP contribution in [-0.4, -0.2) is 40.7 Å². The predicted molar refractivity (Wildman–Crippen MR) is 74.3 cm³/mol. The van der Waals surface area contributed by atoms with Crippen molar-refractivity contribution < 1.29 is 17.9 Å². The van der Waals surface area contributed by atoms with E-state index in [1.807, 2.05) is 30.3 Å². The second-order valence-corrected chi connectivity index (χ2v) is 6.17. The van der Waals surface area contributed by atoms with Gasteiger partial charge < -0.3 is 9.47 Å². The minimum Gasteiger partial charge on any atom is -0.354 e. The molecule has 1 N–H and O–H groups in total. The number of hydrogen-bond acceptors (Lipinski definition) is 4. The SMILES string of the molecule is COC(OC)C(C)NS(=O)(=O)CCc1ccccc1. The van der Waals surface area contributed by atoms with Crippen LogP contribution in [0.2, 0.25) is 0 Å². The van der Waals surface area contributed by atoms with Gasteiger partial charge in [-0.3, -0.25) is 0 Å². The molecule has 0 fully saturated rings. The van der Waals surface area contributed by atoms with E-state index in [9.17, 15) is 8.42 Å². The van der Waals surface area contributed by atoms with E-state index in [1.54, 1.807) is 6.92 Å². The minimum absolute atomic E-state index is 0.0432. The van der Waals surface area contributed by atoms with E-state index < -0.39 is 22.4 Å².